The van der Waals surface area contributed by atoms with Gasteiger partial charge in [-0.15, -0.1) is 0 Å². The predicted octanol–water partition coefficient (Wildman–Crippen LogP) is 4.66. The summed E-state index contributed by atoms with van der Waals surface area (Å²) in [5, 5.41) is 5.06. The van der Waals surface area contributed by atoms with E-state index in [1.165, 1.54) is 31.1 Å². The van der Waals surface area contributed by atoms with Gasteiger partial charge in [0, 0.05) is 32.5 Å². The molecule has 65 heavy (non-hydrogen) atoms. The van der Waals surface area contributed by atoms with Gasteiger partial charge in [0.25, 0.3) is 11.8 Å². The van der Waals surface area contributed by atoms with Gasteiger partial charge in [-0.05, 0) is 75.3 Å². The fourth-order valence-electron chi connectivity index (χ4n) is 8.43. The topological polar surface area (TPSA) is 216 Å². The second kappa shape index (κ2) is 18.3. The number of amides is 5. The molecule has 0 radical (unpaired) electrons. The Bertz CT molecular complexity index is 2280. The molecule has 5 aliphatic rings. The number of hydrogen-bond acceptors (Lipinski definition) is 12. The minimum atomic E-state index is -4.31. The molecule has 17 nitrogen and oxygen atoms in total. The molecule has 3 aliphatic carbocycles. The molecule has 4 fully saturated rings. The first-order valence-corrected chi connectivity index (χ1v) is 23.3. The smallest absolute Gasteiger partial charge is 0.408 e. The van der Waals surface area contributed by atoms with Crippen LogP contribution in [0.5, 0.6) is 11.6 Å². The zero-order chi connectivity index (χ0) is 48.0. The maximum atomic E-state index is 16.3. The number of hydrogen-bond donors (Lipinski definition) is 3. The van der Waals surface area contributed by atoms with Gasteiger partial charge in [-0.25, -0.2) is 32.0 Å². The molecule has 0 unspecified atom stereocenters. The number of aromatic nitrogens is 2. The molecule has 3 saturated carbocycles. The first kappa shape index (κ1) is 49.4. The number of ether oxygens (including phenoxy) is 3. The quantitative estimate of drug-likeness (QED) is 0.231. The standard InChI is InChI=1S/C40H52F4N6O9S.C3H7NO/c1-7-22-27-19-50(28(22)32(51)48-39(18-23(39)31(41)42)35(53)49-60(55,56)38(5)14-15-38)34(52)30(37(2,3)4)47-36(54)59-26-16-20(26)10-8-9-13-40(43,44)29-33(58-27)46-25-17-21(57-6)11-12-24(25)45-29;1-4(2)3-5/h11-12,17,20,22-23,26-28,30-31H,7-10,13-16,18-19H2,1-6H3,(H,47,54)(H,48,51)(H,49,53);3H,1-2H3/t20-,22-,23+,26-,27+,28+,30-,39-;/m1./s1. The molecule has 1 aromatic carbocycles. The fourth-order valence-corrected chi connectivity index (χ4v) is 9.74. The highest BCUT2D eigenvalue weighted by Crippen LogP contribution is 2.50. The monoisotopic (exact) mass is 941 g/mol. The number of rotatable bonds is 9. The minimum Gasteiger partial charge on any atom is -0.497 e. The lowest BCUT2D eigenvalue weighted by Crippen LogP contribution is -2.61. The van der Waals surface area contributed by atoms with Gasteiger partial charge < -0.3 is 34.6 Å². The van der Waals surface area contributed by atoms with Gasteiger partial charge in [-0.2, -0.15) is 8.78 Å². The molecule has 3 heterocycles. The Kier molecular flexibility index (Phi) is 13.9. The molecule has 3 N–H and O–H groups in total. The fraction of sp³-hybridized carbons (Fsp3) is 0.698. The van der Waals surface area contributed by atoms with Gasteiger partial charge in [-0.1, -0.05) is 34.1 Å². The molecule has 8 atom stereocenters. The summed E-state index contributed by atoms with van der Waals surface area (Å²) in [7, 11) is 0.481. The van der Waals surface area contributed by atoms with Crippen LogP contribution in [-0.2, 0) is 39.9 Å². The Morgan fingerprint density at radius 1 is 1.08 bits per heavy atom. The third kappa shape index (κ3) is 10.5. The van der Waals surface area contributed by atoms with Gasteiger partial charge in [0.05, 0.1) is 35.4 Å². The highest BCUT2D eigenvalue weighted by molar-refractivity contribution is 7.91. The highest BCUT2D eigenvalue weighted by Gasteiger charge is 2.68. The maximum Gasteiger partial charge on any atom is 0.408 e. The van der Waals surface area contributed by atoms with Gasteiger partial charge >= 0.3 is 6.09 Å². The van der Waals surface area contributed by atoms with Crippen molar-refractivity contribution in [1.29, 1.82) is 0 Å². The van der Waals surface area contributed by atoms with Gasteiger partial charge in [0.15, 0.2) is 5.69 Å². The summed E-state index contributed by atoms with van der Waals surface area (Å²) in [5.74, 6) is -9.85. The van der Waals surface area contributed by atoms with E-state index in [-0.39, 0.29) is 42.6 Å². The average molecular weight is 942 g/mol. The number of halogens is 4. The number of alkyl halides is 4. The third-order valence-corrected chi connectivity index (χ3v) is 15.1. The third-order valence-electron chi connectivity index (χ3n) is 13.0. The van der Waals surface area contributed by atoms with E-state index in [0.29, 0.717) is 25.0 Å². The lowest BCUT2D eigenvalue weighted by atomic mass is 9.85. The summed E-state index contributed by atoms with van der Waals surface area (Å²) >= 11 is 0. The zero-order valence-corrected chi connectivity index (χ0v) is 38.6. The normalized spacial score (nSPS) is 29.4. The van der Waals surface area contributed by atoms with E-state index in [1.807, 2.05) is 4.72 Å². The van der Waals surface area contributed by atoms with E-state index in [9.17, 15) is 41.2 Å². The second-order valence-electron chi connectivity index (χ2n) is 19.3. The van der Waals surface area contributed by atoms with Crippen LogP contribution in [0.4, 0.5) is 22.4 Å². The molecule has 22 heteroatoms. The van der Waals surface area contributed by atoms with E-state index >= 15 is 8.78 Å². The number of carbonyl (C=O) groups excluding carboxylic acids is 5. The van der Waals surface area contributed by atoms with Crippen molar-refractivity contribution in [3.63, 3.8) is 0 Å². The van der Waals surface area contributed by atoms with Crippen molar-refractivity contribution in [3.05, 3.63) is 23.9 Å². The van der Waals surface area contributed by atoms with Crippen LogP contribution >= 0.6 is 0 Å². The molecule has 1 saturated heterocycles. The summed E-state index contributed by atoms with van der Waals surface area (Å²) in [6.07, 6.45) is -4.16. The minimum absolute atomic E-state index is 0.0516. The summed E-state index contributed by atoms with van der Waals surface area (Å²) in [5.41, 5.74) is -3.83. The summed E-state index contributed by atoms with van der Waals surface area (Å²) in [6, 6.07) is 1.59. The molecule has 2 aromatic rings. The molecule has 2 aliphatic heterocycles. The van der Waals surface area contributed by atoms with Crippen LogP contribution in [0.3, 0.4) is 0 Å². The lowest BCUT2D eigenvalue weighted by Gasteiger charge is -2.36. The molecular formula is C43H59F4N7O10S. The first-order chi connectivity index (χ1) is 30.3. The lowest BCUT2D eigenvalue weighted by molar-refractivity contribution is -0.144. The molecular weight excluding hydrogens is 883 g/mol. The number of nitrogens with zero attached hydrogens (tertiary/aromatic N) is 4. The van der Waals surface area contributed by atoms with Crippen LogP contribution in [0.15, 0.2) is 18.2 Å². The molecule has 360 valence electrons. The number of nitrogens with one attached hydrogen (secondary N) is 3. The van der Waals surface area contributed by atoms with Crippen LogP contribution in [0.1, 0.15) is 98.1 Å². The number of carbonyl (C=O) groups is 5. The van der Waals surface area contributed by atoms with Crippen molar-refractivity contribution in [2.75, 3.05) is 27.7 Å². The molecule has 7 rings (SSSR count). The largest absolute Gasteiger partial charge is 0.497 e. The van der Waals surface area contributed by atoms with Crippen molar-refractivity contribution in [2.24, 2.45) is 23.2 Å². The predicted molar refractivity (Wildman–Crippen MR) is 226 cm³/mol. The maximum absolute atomic E-state index is 16.3. The van der Waals surface area contributed by atoms with Crippen molar-refractivity contribution in [3.8, 4) is 11.6 Å². The molecule has 0 spiro atoms. The summed E-state index contributed by atoms with van der Waals surface area (Å²) in [6.45, 7) is 7.62. The Balaban J connectivity index is 0.00000133. The van der Waals surface area contributed by atoms with Gasteiger partial charge in [0.2, 0.25) is 40.6 Å². The van der Waals surface area contributed by atoms with E-state index in [1.54, 1.807) is 47.9 Å². The van der Waals surface area contributed by atoms with Crippen LogP contribution < -0.4 is 24.8 Å². The number of alkyl carbamates (subject to hydrolysis) is 1. The Morgan fingerprint density at radius 2 is 1.75 bits per heavy atom. The number of fused-ring (bicyclic) bond motifs is 5. The van der Waals surface area contributed by atoms with E-state index < -0.39 is 129 Å². The Morgan fingerprint density at radius 3 is 2.32 bits per heavy atom. The molecule has 5 amide bonds. The Hall–Kier alpha value is -5.02. The van der Waals surface area contributed by atoms with Crippen LogP contribution in [-0.4, -0.2) is 127 Å². The van der Waals surface area contributed by atoms with E-state index in [2.05, 4.69) is 20.6 Å². The average Bonchev–Trinajstić information content (AvgIpc) is 4.19. The zero-order valence-electron chi connectivity index (χ0n) is 37.8. The van der Waals surface area contributed by atoms with Crippen molar-refractivity contribution >= 4 is 51.3 Å². The number of benzene rings is 1. The second-order valence-corrected chi connectivity index (χ2v) is 21.5. The number of methoxy groups -OCH3 is 1. The Labute approximate surface area is 375 Å². The number of sulfonamides is 1. The van der Waals surface area contributed by atoms with E-state index in [0.717, 1.165) is 11.3 Å². The van der Waals surface area contributed by atoms with Gasteiger partial charge in [-0.3, -0.25) is 23.9 Å². The first-order valence-electron chi connectivity index (χ1n) is 21.8. The summed E-state index contributed by atoms with van der Waals surface area (Å²) in [4.78, 5) is 77.2. The van der Waals surface area contributed by atoms with Crippen molar-refractivity contribution < 1.29 is 64.2 Å². The summed E-state index contributed by atoms with van der Waals surface area (Å²) < 4.78 is 105. The van der Waals surface area contributed by atoms with Crippen LogP contribution in [0, 0.1) is 23.2 Å². The van der Waals surface area contributed by atoms with Crippen molar-refractivity contribution in [1.82, 2.24) is 35.1 Å². The molecule has 1 aromatic heterocycles. The van der Waals surface area contributed by atoms with Gasteiger partial charge in [0.1, 0.15) is 35.6 Å². The SMILES string of the molecule is CC[C@@H]1[C@@H]2CN(C(=O)[C@H](C(C)(C)C)NC(=O)O[C@@H]3C[C@H]3CCCCC(F)(F)c3nc4ccc(OC)cc4nc3O2)[C@@H]1C(=O)N[C@]1(C(=O)NS(=O)(=O)C2(C)CC2)C[C@H]1C(F)F.CN(C)C=O. The highest BCUT2D eigenvalue weighted by atomic mass is 32.2. The van der Waals surface area contributed by atoms with E-state index in [4.69, 9.17) is 14.2 Å². The van der Waals surface area contributed by atoms with Crippen LogP contribution in [0.25, 0.3) is 11.0 Å². The van der Waals surface area contributed by atoms with Crippen molar-refractivity contribution in [2.45, 2.75) is 139 Å². The van der Waals surface area contributed by atoms with Crippen LogP contribution in [0.2, 0.25) is 0 Å². The molecule has 2 bridgehead atoms.